The van der Waals surface area contributed by atoms with E-state index in [2.05, 4.69) is 5.32 Å². The molecule has 2 aromatic rings. The van der Waals surface area contributed by atoms with Crippen LogP contribution in [0.5, 0.6) is 11.5 Å². The van der Waals surface area contributed by atoms with E-state index in [0.29, 0.717) is 31.9 Å². The summed E-state index contributed by atoms with van der Waals surface area (Å²) in [5.74, 6) is -4.22. The molecule has 2 aromatic carbocycles. The normalized spacial score (nSPS) is 21.2. The van der Waals surface area contributed by atoms with E-state index >= 15 is 0 Å². The predicted octanol–water partition coefficient (Wildman–Crippen LogP) is 5.99. The van der Waals surface area contributed by atoms with Gasteiger partial charge in [-0.2, -0.15) is 13.2 Å². The predicted molar refractivity (Wildman–Crippen MR) is 104 cm³/mol. The van der Waals surface area contributed by atoms with Crippen LogP contribution in [0.2, 0.25) is 0 Å². The Morgan fingerprint density at radius 2 is 1.81 bits per heavy atom. The van der Waals surface area contributed by atoms with Crippen LogP contribution in [0, 0.1) is 0 Å². The summed E-state index contributed by atoms with van der Waals surface area (Å²) < 4.78 is 72.3. The molecule has 0 saturated carbocycles. The van der Waals surface area contributed by atoms with E-state index in [1.54, 1.807) is 12.1 Å². The minimum atomic E-state index is -4.76. The fraction of sp³-hybridized carbons (Fsp3) is 0.333. The van der Waals surface area contributed by atoms with Crippen LogP contribution in [0.4, 0.5) is 26.7 Å². The lowest BCUT2D eigenvalue weighted by molar-refractivity contribution is -0.137. The number of alkyl halides is 5. The molecule has 0 aromatic heterocycles. The Bertz CT molecular complexity index is 1060. The lowest BCUT2D eigenvalue weighted by atomic mass is 9.97. The maximum atomic E-state index is 14.0. The Hall–Kier alpha value is -2.62. The van der Waals surface area contributed by atoms with Crippen molar-refractivity contribution in [3.8, 4) is 11.5 Å². The van der Waals surface area contributed by atoms with Crippen LogP contribution in [-0.4, -0.2) is 16.4 Å². The SMILES string of the molecule is CC(F)(F)c1cc(C(F)(F)F)ccc1Oc1ccc2c(c1)CC[C@H]2C1SC(=O)NC1=O. The summed E-state index contributed by atoms with van der Waals surface area (Å²) in [5, 5.41) is 1.35. The molecule has 10 heteroatoms. The van der Waals surface area contributed by atoms with E-state index in [1.807, 2.05) is 0 Å². The molecule has 164 valence electrons. The number of imide groups is 1. The Morgan fingerprint density at radius 3 is 2.42 bits per heavy atom. The number of rotatable bonds is 4. The molecule has 31 heavy (non-hydrogen) atoms. The summed E-state index contributed by atoms with van der Waals surface area (Å²) in [6.07, 6.45) is -3.53. The first-order valence-electron chi connectivity index (χ1n) is 9.35. The quantitative estimate of drug-likeness (QED) is 0.573. The molecule has 1 heterocycles. The van der Waals surface area contributed by atoms with Crippen molar-refractivity contribution in [2.24, 2.45) is 0 Å². The third kappa shape index (κ3) is 4.26. The lowest BCUT2D eigenvalue weighted by Gasteiger charge is -2.19. The number of nitrogens with one attached hydrogen (secondary N) is 1. The van der Waals surface area contributed by atoms with Crippen LogP contribution >= 0.6 is 11.8 Å². The molecule has 1 N–H and O–H groups in total. The molecule has 1 aliphatic heterocycles. The average molecular weight is 457 g/mol. The van der Waals surface area contributed by atoms with E-state index in [1.165, 1.54) is 6.07 Å². The van der Waals surface area contributed by atoms with Crippen LogP contribution in [0.25, 0.3) is 0 Å². The largest absolute Gasteiger partial charge is 0.457 e. The highest BCUT2D eigenvalue weighted by molar-refractivity contribution is 8.15. The van der Waals surface area contributed by atoms with Crippen molar-refractivity contribution in [3.63, 3.8) is 0 Å². The number of hydrogen-bond acceptors (Lipinski definition) is 4. The number of ether oxygens (including phenoxy) is 1. The van der Waals surface area contributed by atoms with E-state index in [9.17, 15) is 31.5 Å². The molecule has 4 rings (SSSR count). The van der Waals surface area contributed by atoms with Gasteiger partial charge in [0.2, 0.25) is 5.91 Å². The first-order valence-corrected chi connectivity index (χ1v) is 10.2. The first-order chi connectivity index (χ1) is 14.4. The van der Waals surface area contributed by atoms with Gasteiger partial charge in [-0.05, 0) is 54.3 Å². The number of hydrogen-bond donors (Lipinski definition) is 1. The Kier molecular flexibility index (Phi) is 5.23. The number of carbonyl (C=O) groups is 2. The number of aryl methyl sites for hydroxylation is 1. The molecular weight excluding hydrogens is 441 g/mol. The number of fused-ring (bicyclic) bond motifs is 1. The first kappa shape index (κ1) is 21.6. The Labute approximate surface area is 178 Å². The second-order valence-electron chi connectivity index (χ2n) is 7.52. The maximum absolute atomic E-state index is 14.0. The number of halogens is 5. The molecule has 4 nitrogen and oxygen atoms in total. The standard InChI is InChI=1S/C21H16F5NO3S/c1-20(22,23)15-9-11(21(24,25)26)3-7-16(15)30-12-4-6-13-10(8-12)2-5-14(13)17-18(28)27-19(29)31-17/h3-4,6-9,14,17H,2,5H2,1H3,(H,27,28,29)/t14-,17?/m1/s1. The summed E-state index contributed by atoms with van der Waals surface area (Å²) in [6.45, 7) is 0.508. The van der Waals surface area contributed by atoms with Gasteiger partial charge in [0.25, 0.3) is 11.2 Å². The van der Waals surface area contributed by atoms with Gasteiger partial charge in [0, 0.05) is 12.8 Å². The zero-order valence-electron chi connectivity index (χ0n) is 16.1. The van der Waals surface area contributed by atoms with Gasteiger partial charge in [-0.25, -0.2) is 8.78 Å². The molecule has 1 saturated heterocycles. The van der Waals surface area contributed by atoms with Gasteiger partial charge < -0.3 is 4.74 Å². The Balaban J connectivity index is 1.62. The van der Waals surface area contributed by atoms with Gasteiger partial charge in [-0.15, -0.1) is 0 Å². The van der Waals surface area contributed by atoms with Crippen LogP contribution in [-0.2, 0) is 23.3 Å². The van der Waals surface area contributed by atoms with E-state index in [-0.39, 0.29) is 23.3 Å². The molecule has 1 aliphatic carbocycles. The number of amides is 2. The molecule has 2 atom stereocenters. The van der Waals surface area contributed by atoms with Crippen molar-refractivity contribution in [1.29, 1.82) is 0 Å². The lowest BCUT2D eigenvalue weighted by Crippen LogP contribution is -2.27. The summed E-state index contributed by atoms with van der Waals surface area (Å²) in [4.78, 5) is 23.5. The summed E-state index contributed by atoms with van der Waals surface area (Å²) in [6, 6.07) is 6.83. The second kappa shape index (κ2) is 7.51. The molecule has 2 amide bonds. The molecule has 0 bridgehead atoms. The topological polar surface area (TPSA) is 55.4 Å². The van der Waals surface area contributed by atoms with Crippen molar-refractivity contribution in [2.75, 3.05) is 0 Å². The summed E-state index contributed by atoms with van der Waals surface area (Å²) in [7, 11) is 0. The highest BCUT2D eigenvalue weighted by Crippen LogP contribution is 2.45. The summed E-state index contributed by atoms with van der Waals surface area (Å²) in [5.41, 5.74) is -0.344. The highest BCUT2D eigenvalue weighted by Gasteiger charge is 2.41. The van der Waals surface area contributed by atoms with E-state index in [0.717, 1.165) is 29.0 Å². The fourth-order valence-corrected chi connectivity index (χ4v) is 4.91. The third-order valence-electron chi connectivity index (χ3n) is 5.33. The van der Waals surface area contributed by atoms with Crippen molar-refractivity contribution in [2.45, 2.75) is 43.0 Å². The van der Waals surface area contributed by atoms with Gasteiger partial charge in [0.05, 0.1) is 11.1 Å². The zero-order valence-corrected chi connectivity index (χ0v) is 16.9. The molecule has 2 aliphatic rings. The fourth-order valence-electron chi connectivity index (χ4n) is 3.91. The molecule has 0 spiro atoms. The minimum Gasteiger partial charge on any atom is -0.457 e. The van der Waals surface area contributed by atoms with Gasteiger partial charge >= 0.3 is 6.18 Å². The van der Waals surface area contributed by atoms with Crippen molar-refractivity contribution in [3.05, 3.63) is 58.7 Å². The van der Waals surface area contributed by atoms with Crippen molar-refractivity contribution in [1.82, 2.24) is 5.32 Å². The van der Waals surface area contributed by atoms with Crippen LogP contribution in [0.1, 0.15) is 41.5 Å². The number of benzene rings is 2. The second-order valence-corrected chi connectivity index (χ2v) is 8.63. The zero-order chi connectivity index (χ0) is 22.6. The maximum Gasteiger partial charge on any atom is 0.416 e. The minimum absolute atomic E-state index is 0.165. The number of carbonyl (C=O) groups excluding carboxylic acids is 2. The van der Waals surface area contributed by atoms with Crippen molar-refractivity contribution < 1.29 is 36.3 Å². The smallest absolute Gasteiger partial charge is 0.416 e. The van der Waals surface area contributed by atoms with Crippen LogP contribution in [0.3, 0.4) is 0 Å². The van der Waals surface area contributed by atoms with Gasteiger partial charge in [-0.1, -0.05) is 17.8 Å². The average Bonchev–Trinajstić information content (AvgIpc) is 3.22. The number of thioether (sulfide) groups is 1. The molecular formula is C21H16F5NO3S. The third-order valence-corrected chi connectivity index (χ3v) is 6.44. The molecule has 1 fully saturated rings. The van der Waals surface area contributed by atoms with Crippen molar-refractivity contribution >= 4 is 22.9 Å². The van der Waals surface area contributed by atoms with E-state index in [4.69, 9.17) is 4.74 Å². The summed E-state index contributed by atoms with van der Waals surface area (Å²) >= 11 is 0.943. The van der Waals surface area contributed by atoms with Crippen LogP contribution in [0.15, 0.2) is 36.4 Å². The molecule has 1 unspecified atom stereocenters. The van der Waals surface area contributed by atoms with Gasteiger partial charge in [0.15, 0.2) is 0 Å². The van der Waals surface area contributed by atoms with Gasteiger partial charge in [0.1, 0.15) is 16.7 Å². The Morgan fingerprint density at radius 1 is 1.06 bits per heavy atom. The monoisotopic (exact) mass is 457 g/mol. The van der Waals surface area contributed by atoms with Gasteiger partial charge in [-0.3, -0.25) is 14.9 Å². The van der Waals surface area contributed by atoms with Crippen LogP contribution < -0.4 is 10.1 Å². The van der Waals surface area contributed by atoms with E-state index < -0.39 is 33.7 Å². The highest BCUT2D eigenvalue weighted by atomic mass is 32.2. The molecule has 0 radical (unpaired) electrons.